The molecule has 1 aromatic heterocycles. The molecular weight excluding hydrogens is 360 g/mol. The van der Waals surface area contributed by atoms with Crippen LogP contribution in [0.5, 0.6) is 11.5 Å². The third kappa shape index (κ3) is 4.52. The number of urea groups is 1. The Morgan fingerprint density at radius 2 is 1.86 bits per heavy atom. The van der Waals surface area contributed by atoms with Gasteiger partial charge in [-0.25, -0.2) is 9.78 Å². The Balaban J connectivity index is 1.57. The van der Waals surface area contributed by atoms with E-state index in [1.165, 1.54) is 14.2 Å². The molecule has 0 radical (unpaired) electrons. The summed E-state index contributed by atoms with van der Waals surface area (Å²) in [4.78, 5) is 19.9. The van der Waals surface area contributed by atoms with Crippen LogP contribution in [0.15, 0.2) is 42.5 Å². The Bertz CT molecular complexity index is 901. The second kappa shape index (κ2) is 8.62. The van der Waals surface area contributed by atoms with Gasteiger partial charge in [0.15, 0.2) is 0 Å². The molecule has 0 saturated heterocycles. The van der Waals surface area contributed by atoms with Gasteiger partial charge in [0.05, 0.1) is 37.4 Å². The predicted molar refractivity (Wildman–Crippen MR) is 106 cm³/mol. The van der Waals surface area contributed by atoms with Crippen molar-refractivity contribution in [1.29, 1.82) is 0 Å². The molecule has 8 nitrogen and oxygen atoms in total. The van der Waals surface area contributed by atoms with Crippen molar-refractivity contribution in [2.75, 3.05) is 20.8 Å². The van der Waals surface area contributed by atoms with Gasteiger partial charge in [-0.3, -0.25) is 0 Å². The Morgan fingerprint density at radius 1 is 1.18 bits per heavy atom. The molecule has 4 N–H and O–H groups in total. The molecule has 2 atom stereocenters. The summed E-state index contributed by atoms with van der Waals surface area (Å²) in [7, 11) is 3.08. The van der Waals surface area contributed by atoms with Crippen molar-refractivity contribution in [3.63, 3.8) is 0 Å². The molecule has 148 valence electrons. The fraction of sp³-hybridized carbons (Fsp3) is 0.300. The molecule has 0 saturated carbocycles. The summed E-state index contributed by atoms with van der Waals surface area (Å²) >= 11 is 0. The SMILES string of the molecule is COc1cc(OC)cc(C(O)CNC(=O)NC(C)c2nc3ccccc3[nH]2)c1. The number of carbonyl (C=O) groups is 1. The number of aromatic nitrogens is 2. The minimum Gasteiger partial charge on any atom is -0.497 e. The molecule has 3 rings (SSSR count). The van der Waals surface area contributed by atoms with Crippen molar-refractivity contribution >= 4 is 17.1 Å². The van der Waals surface area contributed by atoms with Gasteiger partial charge in [0.2, 0.25) is 0 Å². The molecule has 0 aliphatic rings. The van der Waals surface area contributed by atoms with E-state index < -0.39 is 12.1 Å². The highest BCUT2D eigenvalue weighted by molar-refractivity contribution is 5.76. The van der Waals surface area contributed by atoms with E-state index >= 15 is 0 Å². The number of aliphatic hydroxyl groups excluding tert-OH is 1. The monoisotopic (exact) mass is 384 g/mol. The average Bonchev–Trinajstić information content (AvgIpc) is 3.16. The number of aliphatic hydroxyl groups is 1. The zero-order valence-corrected chi connectivity index (χ0v) is 16.0. The van der Waals surface area contributed by atoms with Gasteiger partial charge in [0.1, 0.15) is 17.3 Å². The number of carbonyl (C=O) groups excluding carboxylic acids is 1. The number of rotatable bonds is 7. The largest absolute Gasteiger partial charge is 0.497 e. The second-order valence-electron chi connectivity index (χ2n) is 6.38. The number of hydrogen-bond donors (Lipinski definition) is 4. The van der Waals surface area contributed by atoms with Crippen LogP contribution in [0.25, 0.3) is 11.0 Å². The molecule has 3 aromatic rings. The van der Waals surface area contributed by atoms with Gasteiger partial charge < -0.3 is 30.2 Å². The molecule has 0 aliphatic carbocycles. The lowest BCUT2D eigenvalue weighted by atomic mass is 10.1. The summed E-state index contributed by atoms with van der Waals surface area (Å²) in [6, 6.07) is 12.1. The normalized spacial score (nSPS) is 13.0. The summed E-state index contributed by atoms with van der Waals surface area (Å²) in [5.41, 5.74) is 2.34. The van der Waals surface area contributed by atoms with E-state index in [0.717, 1.165) is 11.0 Å². The smallest absolute Gasteiger partial charge is 0.315 e. The van der Waals surface area contributed by atoms with Crippen molar-refractivity contribution in [1.82, 2.24) is 20.6 Å². The van der Waals surface area contributed by atoms with Gasteiger partial charge in [0.25, 0.3) is 0 Å². The maximum absolute atomic E-state index is 12.2. The number of nitrogens with one attached hydrogen (secondary N) is 3. The van der Waals surface area contributed by atoms with Crippen LogP contribution < -0.4 is 20.1 Å². The van der Waals surface area contributed by atoms with E-state index in [1.807, 2.05) is 31.2 Å². The highest BCUT2D eigenvalue weighted by Crippen LogP contribution is 2.26. The predicted octanol–water partition coefficient (Wildman–Crippen LogP) is 2.67. The fourth-order valence-electron chi connectivity index (χ4n) is 2.82. The van der Waals surface area contributed by atoms with Gasteiger partial charge in [-0.05, 0) is 36.8 Å². The molecule has 1 heterocycles. The number of nitrogens with zero attached hydrogens (tertiary/aromatic N) is 1. The molecule has 28 heavy (non-hydrogen) atoms. The molecule has 2 amide bonds. The Labute approximate surface area is 162 Å². The first kappa shape index (κ1) is 19.5. The third-order valence-corrected chi connectivity index (χ3v) is 4.38. The number of ether oxygens (including phenoxy) is 2. The maximum atomic E-state index is 12.2. The number of aromatic amines is 1. The molecule has 0 aliphatic heterocycles. The third-order valence-electron chi connectivity index (χ3n) is 4.38. The molecule has 0 spiro atoms. The summed E-state index contributed by atoms with van der Waals surface area (Å²) < 4.78 is 10.4. The number of H-pyrrole nitrogens is 1. The van der Waals surface area contributed by atoms with E-state index in [-0.39, 0.29) is 12.6 Å². The number of hydrogen-bond acceptors (Lipinski definition) is 5. The van der Waals surface area contributed by atoms with E-state index in [2.05, 4.69) is 20.6 Å². The van der Waals surface area contributed by atoms with Gasteiger partial charge in [-0.15, -0.1) is 0 Å². The van der Waals surface area contributed by atoms with Crippen LogP contribution in [0.2, 0.25) is 0 Å². The number of fused-ring (bicyclic) bond motifs is 1. The Morgan fingerprint density at radius 3 is 2.50 bits per heavy atom. The minimum atomic E-state index is -0.906. The first-order chi connectivity index (χ1) is 13.5. The average molecular weight is 384 g/mol. The molecule has 0 fully saturated rings. The number of imidazole rings is 1. The second-order valence-corrected chi connectivity index (χ2v) is 6.38. The highest BCUT2D eigenvalue weighted by Gasteiger charge is 2.16. The number of benzene rings is 2. The van der Waals surface area contributed by atoms with Crippen LogP contribution in [0.3, 0.4) is 0 Å². The van der Waals surface area contributed by atoms with Crippen molar-refractivity contribution in [3.05, 3.63) is 53.9 Å². The van der Waals surface area contributed by atoms with Gasteiger partial charge in [-0.1, -0.05) is 12.1 Å². The van der Waals surface area contributed by atoms with Crippen molar-refractivity contribution < 1.29 is 19.4 Å². The molecule has 2 aromatic carbocycles. The lowest BCUT2D eigenvalue weighted by Crippen LogP contribution is -2.39. The summed E-state index contributed by atoms with van der Waals surface area (Å²) in [6.07, 6.45) is -0.906. The lowest BCUT2D eigenvalue weighted by molar-refractivity contribution is 0.172. The standard InChI is InChI=1S/C20H24N4O4/c1-12(19-23-16-6-4-5-7-17(16)24-19)22-20(26)21-11-18(25)13-8-14(27-2)10-15(9-13)28-3/h4-10,12,18,25H,11H2,1-3H3,(H,23,24)(H2,21,22,26). The molecule has 2 unspecified atom stereocenters. The van der Waals surface area contributed by atoms with E-state index in [4.69, 9.17) is 9.47 Å². The van der Waals surface area contributed by atoms with Crippen LogP contribution in [0.1, 0.15) is 30.5 Å². The summed E-state index contributed by atoms with van der Waals surface area (Å²) in [6.45, 7) is 1.87. The molecule has 0 bridgehead atoms. The van der Waals surface area contributed by atoms with Crippen LogP contribution in [0.4, 0.5) is 4.79 Å². The van der Waals surface area contributed by atoms with Gasteiger partial charge in [-0.2, -0.15) is 0 Å². The topological polar surface area (TPSA) is 108 Å². The van der Waals surface area contributed by atoms with Gasteiger partial charge >= 0.3 is 6.03 Å². The number of amides is 2. The van der Waals surface area contributed by atoms with E-state index in [0.29, 0.717) is 22.9 Å². The zero-order chi connectivity index (χ0) is 20.1. The first-order valence-corrected chi connectivity index (χ1v) is 8.90. The Kier molecular flexibility index (Phi) is 6.00. The van der Waals surface area contributed by atoms with E-state index in [9.17, 15) is 9.90 Å². The Hall–Kier alpha value is -3.26. The summed E-state index contributed by atoms with van der Waals surface area (Å²) in [5, 5.41) is 15.9. The van der Waals surface area contributed by atoms with Gasteiger partial charge in [0, 0.05) is 12.6 Å². The zero-order valence-electron chi connectivity index (χ0n) is 16.0. The van der Waals surface area contributed by atoms with Crippen LogP contribution >= 0.6 is 0 Å². The van der Waals surface area contributed by atoms with Crippen molar-refractivity contribution in [2.45, 2.75) is 19.1 Å². The lowest BCUT2D eigenvalue weighted by Gasteiger charge is -2.16. The molecule has 8 heteroatoms. The maximum Gasteiger partial charge on any atom is 0.315 e. The highest BCUT2D eigenvalue weighted by atomic mass is 16.5. The van der Waals surface area contributed by atoms with Crippen LogP contribution in [-0.4, -0.2) is 41.9 Å². The van der Waals surface area contributed by atoms with Crippen molar-refractivity contribution in [3.8, 4) is 11.5 Å². The summed E-state index contributed by atoms with van der Waals surface area (Å²) in [5.74, 6) is 1.79. The van der Waals surface area contributed by atoms with Crippen molar-refractivity contribution in [2.24, 2.45) is 0 Å². The van der Waals surface area contributed by atoms with E-state index in [1.54, 1.807) is 18.2 Å². The quantitative estimate of drug-likeness (QED) is 0.501. The minimum absolute atomic E-state index is 0.0367. The van der Waals surface area contributed by atoms with Crippen LogP contribution in [-0.2, 0) is 0 Å². The fourth-order valence-corrected chi connectivity index (χ4v) is 2.82. The number of para-hydroxylation sites is 2. The first-order valence-electron chi connectivity index (χ1n) is 8.90. The number of methoxy groups -OCH3 is 2. The molecular formula is C20H24N4O4. The van der Waals surface area contributed by atoms with Crippen LogP contribution in [0, 0.1) is 0 Å².